The van der Waals surface area contributed by atoms with Gasteiger partial charge in [0.25, 0.3) is 5.91 Å². The van der Waals surface area contributed by atoms with Gasteiger partial charge in [0.1, 0.15) is 17.0 Å². The van der Waals surface area contributed by atoms with E-state index in [1.54, 1.807) is 19.1 Å². The van der Waals surface area contributed by atoms with Crippen molar-refractivity contribution >= 4 is 22.9 Å². The number of nitrogens with zero attached hydrogens (tertiary/aromatic N) is 5. The maximum atomic E-state index is 13.1. The SMILES string of the molecule is Cc1nc(-n2cnn(Cc3ccc(F)cc3)c2=O)sc1C(=O)NCCc1cccc(N(C)C)c1. The molecule has 0 radical (unpaired) electrons. The summed E-state index contributed by atoms with van der Waals surface area (Å²) in [6.07, 6.45) is 2.08. The van der Waals surface area contributed by atoms with E-state index in [0.29, 0.717) is 28.7 Å². The van der Waals surface area contributed by atoms with E-state index in [9.17, 15) is 14.0 Å². The lowest BCUT2D eigenvalue weighted by atomic mass is 10.1. The highest BCUT2D eigenvalue weighted by atomic mass is 32.1. The number of nitrogens with one attached hydrogen (secondary N) is 1. The highest BCUT2D eigenvalue weighted by molar-refractivity contribution is 7.16. The zero-order chi connectivity index (χ0) is 24.2. The van der Waals surface area contributed by atoms with Crippen molar-refractivity contribution in [1.82, 2.24) is 24.6 Å². The highest BCUT2D eigenvalue weighted by Crippen LogP contribution is 2.20. The van der Waals surface area contributed by atoms with Gasteiger partial charge in [0.05, 0.1) is 12.2 Å². The second kappa shape index (κ2) is 10.0. The summed E-state index contributed by atoms with van der Waals surface area (Å²) in [6.45, 7) is 2.43. The number of aryl methyl sites for hydroxylation is 1. The Labute approximate surface area is 200 Å². The average molecular weight is 481 g/mol. The van der Waals surface area contributed by atoms with Crippen LogP contribution in [-0.4, -0.2) is 45.9 Å². The molecule has 0 aliphatic rings. The number of aromatic nitrogens is 4. The zero-order valence-corrected chi connectivity index (χ0v) is 20.0. The first-order valence-electron chi connectivity index (χ1n) is 10.7. The fraction of sp³-hybridized carbons (Fsp3) is 0.250. The van der Waals surface area contributed by atoms with Crippen LogP contribution in [0.25, 0.3) is 5.13 Å². The Balaban J connectivity index is 1.42. The standard InChI is InChI=1S/C24H25FN6O2S/c1-16-21(22(32)26-12-11-17-5-4-6-20(13-17)29(2)3)34-23(28-16)30-15-27-31(24(30)33)14-18-7-9-19(25)10-8-18/h4-10,13,15H,11-12,14H2,1-3H3,(H,26,32). The van der Waals surface area contributed by atoms with Gasteiger partial charge in [-0.2, -0.15) is 5.10 Å². The number of amides is 1. The molecule has 4 aromatic rings. The quantitative estimate of drug-likeness (QED) is 0.419. The molecule has 0 saturated heterocycles. The third kappa shape index (κ3) is 5.23. The van der Waals surface area contributed by atoms with E-state index in [0.717, 1.165) is 28.2 Å². The average Bonchev–Trinajstić information content (AvgIpc) is 3.37. The molecule has 0 atom stereocenters. The monoisotopic (exact) mass is 480 g/mol. The van der Waals surface area contributed by atoms with Gasteiger partial charge in [-0.15, -0.1) is 0 Å². The van der Waals surface area contributed by atoms with E-state index in [2.05, 4.69) is 21.5 Å². The second-order valence-corrected chi connectivity index (χ2v) is 9.03. The van der Waals surface area contributed by atoms with E-state index >= 15 is 0 Å². The molecule has 8 nitrogen and oxygen atoms in total. The predicted molar refractivity (Wildman–Crippen MR) is 131 cm³/mol. The summed E-state index contributed by atoms with van der Waals surface area (Å²) in [6, 6.07) is 14.1. The maximum absolute atomic E-state index is 13.1. The van der Waals surface area contributed by atoms with Gasteiger partial charge >= 0.3 is 5.69 Å². The summed E-state index contributed by atoms with van der Waals surface area (Å²) >= 11 is 1.14. The van der Waals surface area contributed by atoms with Gasteiger partial charge < -0.3 is 10.2 Å². The van der Waals surface area contributed by atoms with E-state index in [1.165, 1.54) is 27.7 Å². The number of carbonyl (C=O) groups excluding carboxylic acids is 1. The van der Waals surface area contributed by atoms with Gasteiger partial charge in [0.15, 0.2) is 5.13 Å². The first-order valence-corrected chi connectivity index (χ1v) is 11.5. The van der Waals surface area contributed by atoms with Gasteiger partial charge in [0, 0.05) is 26.3 Å². The lowest BCUT2D eigenvalue weighted by molar-refractivity contribution is 0.0957. The van der Waals surface area contributed by atoms with E-state index in [-0.39, 0.29) is 24.0 Å². The Kier molecular flexibility index (Phi) is 6.87. The van der Waals surface area contributed by atoms with Crippen molar-refractivity contribution in [3.63, 3.8) is 0 Å². The molecule has 1 amide bonds. The number of rotatable bonds is 8. The second-order valence-electron chi connectivity index (χ2n) is 8.05. The fourth-order valence-corrected chi connectivity index (χ4v) is 4.37. The Morgan fingerprint density at radius 1 is 1.15 bits per heavy atom. The van der Waals surface area contributed by atoms with Crippen LogP contribution in [0.5, 0.6) is 0 Å². The normalized spacial score (nSPS) is 10.9. The molecule has 34 heavy (non-hydrogen) atoms. The molecule has 4 rings (SSSR count). The van der Waals surface area contributed by atoms with Crippen molar-refractivity contribution in [2.24, 2.45) is 0 Å². The van der Waals surface area contributed by atoms with Gasteiger partial charge in [-0.3, -0.25) is 4.79 Å². The van der Waals surface area contributed by atoms with Crippen LogP contribution in [0.4, 0.5) is 10.1 Å². The third-order valence-corrected chi connectivity index (χ3v) is 6.46. The molecule has 1 N–H and O–H groups in total. The number of thiazole rings is 1. The molecule has 2 aromatic carbocycles. The molecule has 0 spiro atoms. The molecular formula is C24H25FN6O2S. The fourth-order valence-electron chi connectivity index (χ4n) is 3.43. The van der Waals surface area contributed by atoms with Crippen LogP contribution >= 0.6 is 11.3 Å². The highest BCUT2D eigenvalue weighted by Gasteiger charge is 2.18. The molecule has 10 heteroatoms. The summed E-state index contributed by atoms with van der Waals surface area (Å²) in [4.78, 5) is 32.4. The van der Waals surface area contributed by atoms with Crippen LogP contribution in [0.15, 0.2) is 59.7 Å². The first-order chi connectivity index (χ1) is 16.3. The minimum Gasteiger partial charge on any atom is -0.378 e. The third-order valence-electron chi connectivity index (χ3n) is 5.30. The number of benzene rings is 2. The Morgan fingerprint density at radius 3 is 2.65 bits per heavy atom. The van der Waals surface area contributed by atoms with Gasteiger partial charge in [-0.05, 0) is 48.7 Å². The number of halogens is 1. The van der Waals surface area contributed by atoms with Gasteiger partial charge in [-0.1, -0.05) is 35.6 Å². The molecule has 2 heterocycles. The summed E-state index contributed by atoms with van der Waals surface area (Å²) in [5, 5.41) is 7.44. The van der Waals surface area contributed by atoms with Crippen molar-refractivity contribution in [3.8, 4) is 5.13 Å². The van der Waals surface area contributed by atoms with Crippen LogP contribution in [0.3, 0.4) is 0 Å². The van der Waals surface area contributed by atoms with Crippen molar-refractivity contribution in [3.05, 3.63) is 92.9 Å². The van der Waals surface area contributed by atoms with E-state index < -0.39 is 0 Å². The number of carbonyl (C=O) groups is 1. The molecule has 0 fully saturated rings. The van der Waals surface area contributed by atoms with Crippen molar-refractivity contribution < 1.29 is 9.18 Å². The molecular weight excluding hydrogens is 455 g/mol. The smallest absolute Gasteiger partial charge is 0.352 e. The predicted octanol–water partition coefficient (Wildman–Crippen LogP) is 3.02. The van der Waals surface area contributed by atoms with Crippen LogP contribution in [0.2, 0.25) is 0 Å². The molecule has 0 aliphatic heterocycles. The Bertz CT molecular complexity index is 1360. The minimum absolute atomic E-state index is 0.207. The summed E-state index contributed by atoms with van der Waals surface area (Å²) in [5.74, 6) is -0.565. The van der Waals surface area contributed by atoms with Gasteiger partial charge in [0.2, 0.25) is 0 Å². The number of hydrogen-bond donors (Lipinski definition) is 1. The molecule has 0 bridgehead atoms. The van der Waals surface area contributed by atoms with Crippen molar-refractivity contribution in [2.45, 2.75) is 19.9 Å². The molecule has 0 unspecified atom stereocenters. The first kappa shape index (κ1) is 23.4. The molecule has 2 aromatic heterocycles. The van der Waals surface area contributed by atoms with Crippen LogP contribution < -0.4 is 15.9 Å². The van der Waals surface area contributed by atoms with Crippen LogP contribution in [0, 0.1) is 12.7 Å². The lowest BCUT2D eigenvalue weighted by Gasteiger charge is -2.13. The molecule has 176 valence electrons. The Hall–Kier alpha value is -3.79. The Morgan fingerprint density at radius 2 is 1.91 bits per heavy atom. The zero-order valence-electron chi connectivity index (χ0n) is 19.2. The minimum atomic E-state index is -0.384. The number of hydrogen-bond acceptors (Lipinski definition) is 6. The number of anilines is 1. The van der Waals surface area contributed by atoms with E-state index in [4.69, 9.17) is 0 Å². The lowest BCUT2D eigenvalue weighted by Crippen LogP contribution is -2.25. The largest absolute Gasteiger partial charge is 0.378 e. The summed E-state index contributed by atoms with van der Waals surface area (Å²) in [7, 11) is 3.98. The molecule has 0 aliphatic carbocycles. The maximum Gasteiger partial charge on any atom is 0.352 e. The van der Waals surface area contributed by atoms with Crippen molar-refractivity contribution in [2.75, 3.05) is 25.5 Å². The topological polar surface area (TPSA) is 85.0 Å². The summed E-state index contributed by atoms with van der Waals surface area (Å²) in [5.41, 5.74) is 3.15. The van der Waals surface area contributed by atoms with Crippen LogP contribution in [-0.2, 0) is 13.0 Å². The van der Waals surface area contributed by atoms with E-state index in [1.807, 2.05) is 37.2 Å². The summed E-state index contributed by atoms with van der Waals surface area (Å²) < 4.78 is 15.7. The van der Waals surface area contributed by atoms with Crippen molar-refractivity contribution in [1.29, 1.82) is 0 Å². The van der Waals surface area contributed by atoms with Crippen LogP contribution in [0.1, 0.15) is 26.5 Å². The molecule has 0 saturated carbocycles. The van der Waals surface area contributed by atoms with Gasteiger partial charge in [-0.25, -0.2) is 23.4 Å².